The first kappa shape index (κ1) is 18.6. The maximum atomic E-state index is 13.4. The quantitative estimate of drug-likeness (QED) is 0.702. The third kappa shape index (κ3) is 4.13. The van der Waals surface area contributed by atoms with Crippen molar-refractivity contribution in [3.8, 4) is 0 Å². The average Bonchev–Trinajstić information content (AvgIpc) is 3.04. The molecular formula is C20H21FN4O2. The van der Waals surface area contributed by atoms with E-state index in [9.17, 15) is 14.0 Å². The number of nitrogens with zero attached hydrogens (tertiary/aromatic N) is 2. The van der Waals surface area contributed by atoms with E-state index < -0.39 is 6.04 Å². The van der Waals surface area contributed by atoms with Gasteiger partial charge in [0.1, 0.15) is 5.82 Å². The second kappa shape index (κ2) is 7.99. The lowest BCUT2D eigenvalue weighted by molar-refractivity contribution is -0.125. The fourth-order valence-electron chi connectivity index (χ4n) is 3.07. The zero-order chi connectivity index (χ0) is 19.4. The predicted molar refractivity (Wildman–Crippen MR) is 100 cm³/mol. The Labute approximate surface area is 156 Å². The SMILES string of the molecule is CCn1cc([C@@H](NC(=O)CNC(C)=O)c2ccc(F)cc2)c2ccncc21. The molecule has 0 aliphatic carbocycles. The number of carbonyl (C=O) groups is 2. The largest absolute Gasteiger partial charge is 0.347 e. The van der Waals surface area contributed by atoms with E-state index in [0.29, 0.717) is 0 Å². The molecule has 3 aromatic rings. The summed E-state index contributed by atoms with van der Waals surface area (Å²) >= 11 is 0. The summed E-state index contributed by atoms with van der Waals surface area (Å²) in [6, 6.07) is 7.44. The van der Waals surface area contributed by atoms with Crippen LogP contribution in [0.1, 0.15) is 31.0 Å². The monoisotopic (exact) mass is 368 g/mol. The van der Waals surface area contributed by atoms with Gasteiger partial charge >= 0.3 is 0 Å². The standard InChI is InChI=1S/C20H21FN4O2/c1-3-25-12-17(16-8-9-22-10-18(16)25)20(14-4-6-15(21)7-5-14)24-19(27)11-23-13(2)26/h4-10,12,20H,3,11H2,1-2H3,(H,23,26)(H,24,27)/t20-/m0/s1. The highest BCUT2D eigenvalue weighted by molar-refractivity contribution is 5.87. The maximum absolute atomic E-state index is 13.4. The molecule has 2 aromatic heterocycles. The van der Waals surface area contributed by atoms with Gasteiger partial charge in [0, 0.05) is 36.8 Å². The molecule has 6 nitrogen and oxygen atoms in total. The molecule has 0 unspecified atom stereocenters. The number of nitrogens with one attached hydrogen (secondary N) is 2. The highest BCUT2D eigenvalue weighted by atomic mass is 19.1. The Hall–Kier alpha value is -3.22. The zero-order valence-electron chi connectivity index (χ0n) is 15.2. The van der Waals surface area contributed by atoms with Crippen molar-refractivity contribution in [3.63, 3.8) is 0 Å². The molecule has 1 atom stereocenters. The Morgan fingerprint density at radius 1 is 1.22 bits per heavy atom. The normalized spacial score (nSPS) is 12.0. The predicted octanol–water partition coefficient (Wildman–Crippen LogP) is 2.54. The molecule has 1 aromatic carbocycles. The number of aromatic nitrogens is 2. The van der Waals surface area contributed by atoms with Crippen LogP contribution in [-0.4, -0.2) is 27.9 Å². The third-order valence-corrected chi connectivity index (χ3v) is 4.37. The van der Waals surface area contributed by atoms with Gasteiger partial charge in [-0.1, -0.05) is 12.1 Å². The van der Waals surface area contributed by atoms with Crippen LogP contribution in [0.15, 0.2) is 48.9 Å². The maximum Gasteiger partial charge on any atom is 0.240 e. The van der Waals surface area contributed by atoms with Crippen LogP contribution in [0, 0.1) is 5.82 Å². The Morgan fingerprint density at radius 3 is 2.63 bits per heavy atom. The summed E-state index contributed by atoms with van der Waals surface area (Å²) in [7, 11) is 0. The van der Waals surface area contributed by atoms with Gasteiger partial charge in [-0.3, -0.25) is 14.6 Å². The smallest absolute Gasteiger partial charge is 0.240 e. The van der Waals surface area contributed by atoms with Gasteiger partial charge in [0.25, 0.3) is 0 Å². The van der Waals surface area contributed by atoms with Crippen molar-refractivity contribution in [2.24, 2.45) is 0 Å². The van der Waals surface area contributed by atoms with E-state index in [1.165, 1.54) is 19.1 Å². The van der Waals surface area contributed by atoms with Crippen molar-refractivity contribution >= 4 is 22.7 Å². The van der Waals surface area contributed by atoms with E-state index in [4.69, 9.17) is 0 Å². The molecule has 27 heavy (non-hydrogen) atoms. The Morgan fingerprint density at radius 2 is 1.96 bits per heavy atom. The van der Waals surface area contributed by atoms with Crippen LogP contribution in [0.3, 0.4) is 0 Å². The molecule has 2 heterocycles. The first-order valence-corrected chi connectivity index (χ1v) is 8.71. The number of benzene rings is 1. The molecule has 0 aliphatic heterocycles. The van der Waals surface area contributed by atoms with Crippen LogP contribution in [0.4, 0.5) is 4.39 Å². The van der Waals surface area contributed by atoms with Crippen LogP contribution in [0.5, 0.6) is 0 Å². The van der Waals surface area contributed by atoms with Crippen LogP contribution in [-0.2, 0) is 16.1 Å². The highest BCUT2D eigenvalue weighted by Gasteiger charge is 2.22. The summed E-state index contributed by atoms with van der Waals surface area (Å²) in [6.45, 7) is 4.00. The van der Waals surface area contributed by atoms with E-state index in [0.717, 1.165) is 28.6 Å². The number of hydrogen-bond donors (Lipinski definition) is 2. The minimum atomic E-state index is -0.482. The number of halogens is 1. The fraction of sp³-hybridized carbons (Fsp3) is 0.250. The topological polar surface area (TPSA) is 76.0 Å². The molecule has 0 saturated heterocycles. The van der Waals surface area contributed by atoms with Gasteiger partial charge in [-0.25, -0.2) is 4.39 Å². The van der Waals surface area contributed by atoms with E-state index in [-0.39, 0.29) is 24.2 Å². The van der Waals surface area contributed by atoms with Crippen molar-refractivity contribution in [3.05, 3.63) is 65.9 Å². The molecule has 0 fully saturated rings. The zero-order valence-corrected chi connectivity index (χ0v) is 15.2. The highest BCUT2D eigenvalue weighted by Crippen LogP contribution is 2.30. The number of carbonyl (C=O) groups excluding carboxylic acids is 2. The number of pyridine rings is 1. The number of fused-ring (bicyclic) bond motifs is 1. The summed E-state index contributed by atoms with van der Waals surface area (Å²) in [5, 5.41) is 6.39. The second-order valence-corrected chi connectivity index (χ2v) is 6.23. The van der Waals surface area contributed by atoms with E-state index in [1.807, 2.05) is 23.8 Å². The van der Waals surface area contributed by atoms with Crippen molar-refractivity contribution in [2.45, 2.75) is 26.4 Å². The van der Waals surface area contributed by atoms with Gasteiger partial charge in [-0.15, -0.1) is 0 Å². The van der Waals surface area contributed by atoms with E-state index in [1.54, 1.807) is 24.5 Å². The molecule has 0 saturated carbocycles. The Bertz CT molecular complexity index is 966. The van der Waals surface area contributed by atoms with Gasteiger partial charge in [0.15, 0.2) is 0 Å². The van der Waals surface area contributed by atoms with Gasteiger partial charge < -0.3 is 15.2 Å². The minimum absolute atomic E-state index is 0.124. The Kier molecular flexibility index (Phi) is 5.49. The molecule has 0 aliphatic rings. The van der Waals surface area contributed by atoms with Crippen molar-refractivity contribution < 1.29 is 14.0 Å². The summed E-state index contributed by atoms with van der Waals surface area (Å²) in [6.07, 6.45) is 5.45. The van der Waals surface area contributed by atoms with E-state index >= 15 is 0 Å². The lowest BCUT2D eigenvalue weighted by atomic mass is 9.98. The van der Waals surface area contributed by atoms with Gasteiger partial charge in [-0.2, -0.15) is 0 Å². The Balaban J connectivity index is 2.03. The molecule has 0 bridgehead atoms. The molecule has 0 spiro atoms. The molecule has 0 radical (unpaired) electrons. The second-order valence-electron chi connectivity index (χ2n) is 6.23. The summed E-state index contributed by atoms with van der Waals surface area (Å²) in [4.78, 5) is 27.6. The lowest BCUT2D eigenvalue weighted by Crippen LogP contribution is -2.38. The minimum Gasteiger partial charge on any atom is -0.347 e. The lowest BCUT2D eigenvalue weighted by Gasteiger charge is -2.19. The number of rotatable bonds is 6. The van der Waals surface area contributed by atoms with Crippen molar-refractivity contribution in [1.29, 1.82) is 0 Å². The van der Waals surface area contributed by atoms with Gasteiger partial charge in [0.2, 0.25) is 11.8 Å². The first-order chi connectivity index (χ1) is 13.0. The van der Waals surface area contributed by atoms with Crippen LogP contribution < -0.4 is 10.6 Å². The molecule has 2 amide bonds. The molecule has 140 valence electrons. The molecule has 2 N–H and O–H groups in total. The molecule has 3 rings (SSSR count). The van der Waals surface area contributed by atoms with Crippen molar-refractivity contribution in [1.82, 2.24) is 20.2 Å². The van der Waals surface area contributed by atoms with Crippen molar-refractivity contribution in [2.75, 3.05) is 6.54 Å². The number of aryl methyl sites for hydroxylation is 1. The van der Waals surface area contributed by atoms with Gasteiger partial charge in [0.05, 0.1) is 24.3 Å². The molecular weight excluding hydrogens is 347 g/mol. The third-order valence-electron chi connectivity index (χ3n) is 4.37. The van der Waals surface area contributed by atoms with Crippen LogP contribution in [0.25, 0.3) is 10.9 Å². The number of amides is 2. The number of hydrogen-bond acceptors (Lipinski definition) is 3. The summed E-state index contributed by atoms with van der Waals surface area (Å²) in [5.41, 5.74) is 2.59. The van der Waals surface area contributed by atoms with Crippen LogP contribution in [0.2, 0.25) is 0 Å². The summed E-state index contributed by atoms with van der Waals surface area (Å²) in [5.74, 6) is -0.953. The van der Waals surface area contributed by atoms with E-state index in [2.05, 4.69) is 15.6 Å². The first-order valence-electron chi connectivity index (χ1n) is 8.71. The summed E-state index contributed by atoms with van der Waals surface area (Å²) < 4.78 is 15.4. The van der Waals surface area contributed by atoms with Gasteiger partial charge in [-0.05, 0) is 30.7 Å². The average molecular weight is 368 g/mol. The molecule has 7 heteroatoms. The fourth-order valence-corrected chi connectivity index (χ4v) is 3.07. The van der Waals surface area contributed by atoms with Crippen LogP contribution >= 0.6 is 0 Å².